The number of nitrogens with zero attached hydrogens (tertiary/aromatic N) is 1. The Balaban J connectivity index is 2.86. The molecule has 0 bridgehead atoms. The lowest BCUT2D eigenvalue weighted by molar-refractivity contribution is 0.127. The summed E-state index contributed by atoms with van der Waals surface area (Å²) in [5.41, 5.74) is 1.51. The molecule has 21 heavy (non-hydrogen) atoms. The maximum Gasteiger partial charge on any atom is 0.124 e. The standard InChI is InChI=1S/C16H22FNO3/c1-21-11-8-18(7-10-20)13-15-5-6-16(17)12-14(15)4-2-3-9-19/h5-6,12,19-20H,3,7-11,13H2,1H3. The lowest BCUT2D eigenvalue weighted by atomic mass is 10.1. The van der Waals surface area contributed by atoms with Gasteiger partial charge in [0.05, 0.1) is 19.8 Å². The van der Waals surface area contributed by atoms with Crippen LogP contribution in [-0.4, -0.2) is 55.1 Å². The molecule has 2 N–H and O–H groups in total. The molecule has 0 saturated carbocycles. The first kappa shape index (κ1) is 17.6. The van der Waals surface area contributed by atoms with Gasteiger partial charge in [0.2, 0.25) is 0 Å². The van der Waals surface area contributed by atoms with Crippen molar-refractivity contribution in [3.8, 4) is 11.8 Å². The van der Waals surface area contributed by atoms with Crippen molar-refractivity contribution in [3.63, 3.8) is 0 Å². The Morgan fingerprint density at radius 1 is 1.24 bits per heavy atom. The van der Waals surface area contributed by atoms with E-state index in [-0.39, 0.29) is 19.0 Å². The molecular weight excluding hydrogens is 273 g/mol. The lowest BCUT2D eigenvalue weighted by Gasteiger charge is -2.21. The molecular formula is C16H22FNO3. The van der Waals surface area contributed by atoms with Gasteiger partial charge in [0, 0.05) is 38.7 Å². The van der Waals surface area contributed by atoms with Crippen molar-refractivity contribution in [1.29, 1.82) is 0 Å². The second-order valence-electron chi connectivity index (χ2n) is 4.57. The molecule has 0 atom stereocenters. The summed E-state index contributed by atoms with van der Waals surface area (Å²) in [6.07, 6.45) is 0.361. The third kappa shape index (κ3) is 6.69. The number of rotatable bonds is 8. The number of halogens is 1. The summed E-state index contributed by atoms with van der Waals surface area (Å²) < 4.78 is 18.4. The summed E-state index contributed by atoms with van der Waals surface area (Å²) in [4.78, 5) is 2.02. The number of benzene rings is 1. The van der Waals surface area contributed by atoms with Crippen molar-refractivity contribution in [2.45, 2.75) is 13.0 Å². The van der Waals surface area contributed by atoms with Gasteiger partial charge in [-0.25, -0.2) is 4.39 Å². The minimum absolute atomic E-state index is 0.0118. The Hall–Kier alpha value is -1.45. The van der Waals surface area contributed by atoms with Gasteiger partial charge in [0.25, 0.3) is 0 Å². The maximum absolute atomic E-state index is 13.4. The molecule has 1 rings (SSSR count). The van der Waals surface area contributed by atoms with Gasteiger partial charge in [0.1, 0.15) is 5.82 Å². The summed E-state index contributed by atoms with van der Waals surface area (Å²) >= 11 is 0. The molecule has 0 unspecified atom stereocenters. The van der Waals surface area contributed by atoms with E-state index in [4.69, 9.17) is 14.9 Å². The third-order valence-corrected chi connectivity index (χ3v) is 2.95. The molecule has 1 aromatic rings. The van der Waals surface area contributed by atoms with Crippen molar-refractivity contribution >= 4 is 0 Å². The number of hydrogen-bond acceptors (Lipinski definition) is 4. The Kier molecular flexibility index (Phi) is 8.63. The summed E-state index contributed by atoms with van der Waals surface area (Å²) in [6.45, 7) is 2.36. The van der Waals surface area contributed by atoms with Crippen molar-refractivity contribution in [2.75, 3.05) is 40.0 Å². The van der Waals surface area contributed by atoms with Crippen LogP contribution in [0, 0.1) is 17.7 Å². The summed E-state index contributed by atoms with van der Waals surface area (Å²) in [7, 11) is 1.63. The predicted octanol–water partition coefficient (Wildman–Crippen LogP) is 1.00. The van der Waals surface area contributed by atoms with Crippen LogP contribution in [0.15, 0.2) is 18.2 Å². The van der Waals surface area contributed by atoms with Crippen LogP contribution in [0.3, 0.4) is 0 Å². The third-order valence-electron chi connectivity index (χ3n) is 2.95. The van der Waals surface area contributed by atoms with Crippen molar-refractivity contribution in [3.05, 3.63) is 35.1 Å². The average molecular weight is 295 g/mol. The summed E-state index contributed by atoms with van der Waals surface area (Å²) in [6, 6.07) is 4.50. The van der Waals surface area contributed by atoms with Crippen LogP contribution in [0.1, 0.15) is 17.5 Å². The fraction of sp³-hybridized carbons (Fsp3) is 0.500. The second kappa shape index (κ2) is 10.3. The minimum Gasteiger partial charge on any atom is -0.395 e. The molecule has 0 aliphatic rings. The zero-order valence-electron chi connectivity index (χ0n) is 12.3. The van der Waals surface area contributed by atoms with Crippen LogP contribution in [0.4, 0.5) is 4.39 Å². The van der Waals surface area contributed by atoms with E-state index in [0.29, 0.717) is 38.2 Å². The van der Waals surface area contributed by atoms with Gasteiger partial charge in [-0.3, -0.25) is 4.90 Å². The molecule has 0 aliphatic heterocycles. The Labute approximate surface area is 125 Å². The highest BCUT2D eigenvalue weighted by atomic mass is 19.1. The number of hydrogen-bond donors (Lipinski definition) is 2. The van der Waals surface area contributed by atoms with Gasteiger partial charge < -0.3 is 14.9 Å². The molecule has 0 amide bonds. The molecule has 0 heterocycles. The zero-order chi connectivity index (χ0) is 15.5. The van der Waals surface area contributed by atoms with Gasteiger partial charge in [0.15, 0.2) is 0 Å². The molecule has 5 heteroatoms. The monoisotopic (exact) mass is 295 g/mol. The van der Waals surface area contributed by atoms with E-state index in [1.54, 1.807) is 13.2 Å². The van der Waals surface area contributed by atoms with Crippen LogP contribution < -0.4 is 0 Å². The van der Waals surface area contributed by atoms with Crippen LogP contribution in [0.5, 0.6) is 0 Å². The topological polar surface area (TPSA) is 52.9 Å². The quantitative estimate of drug-likeness (QED) is 0.703. The molecule has 0 aromatic heterocycles. The van der Waals surface area contributed by atoms with E-state index in [9.17, 15) is 4.39 Å². The fourth-order valence-electron chi connectivity index (χ4n) is 1.89. The molecule has 0 fully saturated rings. The van der Waals surface area contributed by atoms with E-state index >= 15 is 0 Å². The predicted molar refractivity (Wildman–Crippen MR) is 79.2 cm³/mol. The SMILES string of the molecule is COCCN(CCO)Cc1ccc(F)cc1C#CCCO. The first-order valence-corrected chi connectivity index (χ1v) is 6.91. The highest BCUT2D eigenvalue weighted by Crippen LogP contribution is 2.13. The Morgan fingerprint density at radius 3 is 2.71 bits per heavy atom. The average Bonchev–Trinajstić information content (AvgIpc) is 2.47. The highest BCUT2D eigenvalue weighted by Gasteiger charge is 2.09. The summed E-state index contributed by atoms with van der Waals surface area (Å²) in [5.74, 6) is 5.36. The Morgan fingerprint density at radius 2 is 2.05 bits per heavy atom. The van der Waals surface area contributed by atoms with Gasteiger partial charge in [-0.2, -0.15) is 0 Å². The first-order valence-electron chi connectivity index (χ1n) is 6.91. The first-order chi connectivity index (χ1) is 10.2. The fourth-order valence-corrected chi connectivity index (χ4v) is 1.89. The van der Waals surface area contributed by atoms with Gasteiger partial charge >= 0.3 is 0 Å². The number of methoxy groups -OCH3 is 1. The van der Waals surface area contributed by atoms with E-state index in [0.717, 1.165) is 5.56 Å². The molecule has 1 aromatic carbocycles. The smallest absolute Gasteiger partial charge is 0.124 e. The van der Waals surface area contributed by atoms with E-state index in [2.05, 4.69) is 11.8 Å². The van der Waals surface area contributed by atoms with Crippen LogP contribution in [0.25, 0.3) is 0 Å². The van der Waals surface area contributed by atoms with E-state index in [1.165, 1.54) is 12.1 Å². The van der Waals surface area contributed by atoms with E-state index < -0.39 is 0 Å². The molecule has 0 radical (unpaired) electrons. The van der Waals surface area contributed by atoms with Crippen molar-refractivity contribution < 1.29 is 19.3 Å². The zero-order valence-corrected chi connectivity index (χ0v) is 12.3. The molecule has 0 spiro atoms. The number of ether oxygens (including phenoxy) is 1. The Bertz CT molecular complexity index is 482. The van der Waals surface area contributed by atoms with Crippen molar-refractivity contribution in [1.82, 2.24) is 4.90 Å². The normalized spacial score (nSPS) is 10.5. The maximum atomic E-state index is 13.4. The van der Waals surface area contributed by atoms with Crippen LogP contribution in [0.2, 0.25) is 0 Å². The van der Waals surface area contributed by atoms with E-state index in [1.807, 2.05) is 4.90 Å². The van der Waals surface area contributed by atoms with Gasteiger partial charge in [-0.15, -0.1) is 0 Å². The minimum atomic E-state index is -0.336. The molecule has 116 valence electrons. The van der Waals surface area contributed by atoms with Gasteiger partial charge in [-0.1, -0.05) is 17.9 Å². The van der Waals surface area contributed by atoms with Crippen molar-refractivity contribution in [2.24, 2.45) is 0 Å². The number of aliphatic hydroxyl groups is 2. The largest absolute Gasteiger partial charge is 0.395 e. The molecule has 0 aliphatic carbocycles. The van der Waals surface area contributed by atoms with Crippen LogP contribution in [-0.2, 0) is 11.3 Å². The molecule has 0 saturated heterocycles. The second-order valence-corrected chi connectivity index (χ2v) is 4.57. The van der Waals surface area contributed by atoms with Crippen LogP contribution >= 0.6 is 0 Å². The molecule has 4 nitrogen and oxygen atoms in total. The van der Waals surface area contributed by atoms with Gasteiger partial charge in [-0.05, 0) is 17.7 Å². The number of aliphatic hydroxyl groups excluding tert-OH is 2. The summed E-state index contributed by atoms with van der Waals surface area (Å²) in [5, 5.41) is 17.9. The highest BCUT2D eigenvalue weighted by molar-refractivity contribution is 5.41. The lowest BCUT2D eigenvalue weighted by Crippen LogP contribution is -2.30.